The van der Waals surface area contributed by atoms with E-state index in [2.05, 4.69) is 30.3 Å². The fourth-order valence-electron chi connectivity index (χ4n) is 2.88. The molecule has 0 aromatic heterocycles. The molecule has 3 atom stereocenters. The van der Waals surface area contributed by atoms with Crippen molar-refractivity contribution in [2.24, 2.45) is 5.92 Å². The van der Waals surface area contributed by atoms with E-state index >= 15 is 0 Å². The van der Waals surface area contributed by atoms with E-state index in [1.807, 2.05) is 13.8 Å². The first-order chi connectivity index (χ1) is 11.0. The summed E-state index contributed by atoms with van der Waals surface area (Å²) in [6, 6.07) is 0. The Bertz CT molecular complexity index is 510. The van der Waals surface area contributed by atoms with Crippen LogP contribution in [0.5, 0.6) is 0 Å². The van der Waals surface area contributed by atoms with Crippen LogP contribution in [0.1, 0.15) is 58.8 Å². The Balaban J connectivity index is 1.77. The molecular weight excluding hydrogens is 288 g/mol. The Labute approximate surface area is 140 Å². The van der Waals surface area contributed by atoms with Crippen LogP contribution in [0.3, 0.4) is 0 Å². The number of hydrogen-bond acceptors (Lipinski definition) is 3. The molecule has 1 saturated carbocycles. The lowest BCUT2D eigenvalue weighted by Crippen LogP contribution is -2.22. The van der Waals surface area contributed by atoms with Gasteiger partial charge >= 0.3 is 0 Å². The van der Waals surface area contributed by atoms with Crippen LogP contribution < -0.4 is 0 Å². The van der Waals surface area contributed by atoms with Gasteiger partial charge in [0.1, 0.15) is 6.10 Å². The molecule has 2 rings (SSSR count). The van der Waals surface area contributed by atoms with Crippen LogP contribution in [0.15, 0.2) is 12.7 Å². The predicted octanol–water partition coefficient (Wildman–Crippen LogP) is 3.42. The molecule has 0 spiro atoms. The van der Waals surface area contributed by atoms with E-state index in [4.69, 9.17) is 9.47 Å². The molecule has 0 bridgehead atoms. The normalized spacial score (nSPS) is 26.6. The van der Waals surface area contributed by atoms with Gasteiger partial charge in [-0.15, -0.1) is 0 Å². The SMILES string of the molecule is C=C[C@@H](O)C#CC#CC[C@@H]1OC(C)(C)O[C@H]1CCCCC1CC1. The second-order valence-corrected chi connectivity index (χ2v) is 6.90. The minimum absolute atomic E-state index is 0.00422. The third-order valence-corrected chi connectivity index (χ3v) is 4.23. The monoisotopic (exact) mass is 316 g/mol. The Morgan fingerprint density at radius 3 is 2.57 bits per heavy atom. The summed E-state index contributed by atoms with van der Waals surface area (Å²) in [6.07, 6.45) is 9.02. The van der Waals surface area contributed by atoms with Crippen molar-refractivity contribution in [3.05, 3.63) is 12.7 Å². The van der Waals surface area contributed by atoms with E-state index in [0.29, 0.717) is 6.42 Å². The van der Waals surface area contributed by atoms with Gasteiger partial charge in [-0.3, -0.25) is 0 Å². The summed E-state index contributed by atoms with van der Waals surface area (Å²) in [6.45, 7) is 7.37. The van der Waals surface area contributed by atoms with Gasteiger partial charge < -0.3 is 14.6 Å². The van der Waals surface area contributed by atoms with Gasteiger partial charge in [-0.25, -0.2) is 0 Å². The lowest BCUT2D eigenvalue weighted by molar-refractivity contribution is -0.146. The van der Waals surface area contributed by atoms with Crippen LogP contribution in [0.25, 0.3) is 0 Å². The van der Waals surface area contributed by atoms with Gasteiger partial charge in [-0.2, -0.15) is 0 Å². The highest BCUT2D eigenvalue weighted by atomic mass is 16.7. The minimum Gasteiger partial charge on any atom is -0.377 e. The average molecular weight is 316 g/mol. The number of ether oxygens (including phenoxy) is 2. The van der Waals surface area contributed by atoms with Crippen molar-refractivity contribution in [2.75, 3.05) is 0 Å². The molecule has 1 aliphatic carbocycles. The Hall–Kier alpha value is -1.26. The average Bonchev–Trinajstić information content (AvgIpc) is 3.27. The van der Waals surface area contributed by atoms with Gasteiger partial charge in [0.15, 0.2) is 5.79 Å². The van der Waals surface area contributed by atoms with Gasteiger partial charge in [0, 0.05) is 6.42 Å². The van der Waals surface area contributed by atoms with Gasteiger partial charge in [0.05, 0.1) is 12.2 Å². The quantitative estimate of drug-likeness (QED) is 0.444. The highest BCUT2D eigenvalue weighted by Crippen LogP contribution is 2.36. The number of rotatable bonds is 7. The lowest BCUT2D eigenvalue weighted by Gasteiger charge is -2.16. The first-order valence-corrected chi connectivity index (χ1v) is 8.65. The van der Waals surface area contributed by atoms with Crippen molar-refractivity contribution in [3.8, 4) is 23.7 Å². The van der Waals surface area contributed by atoms with Crippen molar-refractivity contribution in [3.63, 3.8) is 0 Å². The highest BCUT2D eigenvalue weighted by Gasteiger charge is 2.40. The number of hydrogen-bond donors (Lipinski definition) is 1. The van der Waals surface area contributed by atoms with Crippen molar-refractivity contribution < 1.29 is 14.6 Å². The molecule has 126 valence electrons. The summed E-state index contributed by atoms with van der Waals surface area (Å²) in [5.41, 5.74) is 0. The second kappa shape index (κ2) is 8.55. The van der Waals surface area contributed by atoms with Crippen LogP contribution in [0, 0.1) is 29.6 Å². The Morgan fingerprint density at radius 2 is 1.87 bits per heavy atom. The number of unbranched alkanes of at least 4 members (excludes halogenated alkanes) is 1. The van der Waals surface area contributed by atoms with Gasteiger partial charge in [-0.1, -0.05) is 56.6 Å². The fraction of sp³-hybridized carbons (Fsp3) is 0.700. The maximum Gasteiger partial charge on any atom is 0.163 e. The smallest absolute Gasteiger partial charge is 0.163 e. The molecule has 1 N–H and O–H groups in total. The topological polar surface area (TPSA) is 38.7 Å². The highest BCUT2D eigenvalue weighted by molar-refractivity contribution is 5.28. The molecule has 2 aliphatic rings. The van der Waals surface area contributed by atoms with Gasteiger partial charge in [0.25, 0.3) is 0 Å². The lowest BCUT2D eigenvalue weighted by atomic mass is 10.0. The summed E-state index contributed by atoms with van der Waals surface area (Å²) >= 11 is 0. The van der Waals surface area contributed by atoms with Crippen molar-refractivity contribution in [2.45, 2.75) is 82.9 Å². The molecule has 3 heteroatoms. The van der Waals surface area contributed by atoms with Gasteiger partial charge in [-0.05, 0) is 38.0 Å². The molecule has 0 aromatic carbocycles. The molecule has 2 fully saturated rings. The maximum absolute atomic E-state index is 9.24. The number of aliphatic hydroxyl groups is 1. The van der Waals surface area contributed by atoms with Crippen molar-refractivity contribution in [1.29, 1.82) is 0 Å². The van der Waals surface area contributed by atoms with E-state index in [9.17, 15) is 5.11 Å². The molecule has 23 heavy (non-hydrogen) atoms. The summed E-state index contributed by atoms with van der Waals surface area (Å²) in [5, 5.41) is 9.24. The van der Waals surface area contributed by atoms with Gasteiger partial charge in [0.2, 0.25) is 0 Å². The fourth-order valence-corrected chi connectivity index (χ4v) is 2.88. The first-order valence-electron chi connectivity index (χ1n) is 8.65. The zero-order chi connectivity index (χ0) is 16.7. The van der Waals surface area contributed by atoms with E-state index in [1.54, 1.807) is 0 Å². The molecule has 3 nitrogen and oxygen atoms in total. The predicted molar refractivity (Wildman–Crippen MR) is 91.4 cm³/mol. The van der Waals surface area contributed by atoms with Crippen LogP contribution >= 0.6 is 0 Å². The molecule has 0 amide bonds. The van der Waals surface area contributed by atoms with E-state index < -0.39 is 11.9 Å². The van der Waals surface area contributed by atoms with E-state index in [1.165, 1.54) is 38.2 Å². The van der Waals surface area contributed by atoms with E-state index in [-0.39, 0.29) is 12.2 Å². The molecule has 0 radical (unpaired) electrons. The molecule has 1 aliphatic heterocycles. The summed E-state index contributed by atoms with van der Waals surface area (Å²) < 4.78 is 12.0. The Morgan fingerprint density at radius 1 is 1.17 bits per heavy atom. The largest absolute Gasteiger partial charge is 0.377 e. The number of aliphatic hydroxyl groups excluding tert-OH is 1. The van der Waals surface area contributed by atoms with Crippen LogP contribution in [0.2, 0.25) is 0 Å². The van der Waals surface area contributed by atoms with Crippen molar-refractivity contribution in [1.82, 2.24) is 0 Å². The van der Waals surface area contributed by atoms with E-state index in [0.717, 1.165) is 12.3 Å². The molecule has 0 unspecified atom stereocenters. The van der Waals surface area contributed by atoms with Crippen LogP contribution in [-0.2, 0) is 9.47 Å². The molecule has 1 saturated heterocycles. The summed E-state index contributed by atoms with van der Waals surface area (Å²) in [5.74, 6) is 11.5. The zero-order valence-electron chi connectivity index (χ0n) is 14.3. The Kier molecular flexibility index (Phi) is 6.72. The summed E-state index contributed by atoms with van der Waals surface area (Å²) in [7, 11) is 0. The van der Waals surface area contributed by atoms with Crippen molar-refractivity contribution >= 4 is 0 Å². The third kappa shape index (κ3) is 6.80. The first kappa shape index (κ1) is 18.1. The maximum atomic E-state index is 9.24. The minimum atomic E-state index is -0.812. The van der Waals surface area contributed by atoms with Crippen LogP contribution in [0.4, 0.5) is 0 Å². The second-order valence-electron chi connectivity index (χ2n) is 6.90. The zero-order valence-corrected chi connectivity index (χ0v) is 14.3. The molecule has 0 aromatic rings. The molecule has 1 heterocycles. The standard InChI is InChI=1S/C20H28O3/c1-4-17(21)11-6-5-7-12-18-19(23-20(2,3)22-18)13-9-8-10-16-14-15-16/h4,16-19,21H,1,8-10,12-15H2,2-3H3/t17-,18+,19+/m1/s1. The summed E-state index contributed by atoms with van der Waals surface area (Å²) in [4.78, 5) is 0. The van der Waals surface area contributed by atoms with Crippen LogP contribution in [-0.4, -0.2) is 29.2 Å². The molecular formula is C20H28O3. The third-order valence-electron chi connectivity index (χ3n) is 4.23.